The van der Waals surface area contributed by atoms with Crippen LogP contribution in [0.5, 0.6) is 0 Å². The van der Waals surface area contributed by atoms with Crippen LogP contribution < -0.4 is 5.73 Å². The predicted octanol–water partition coefficient (Wildman–Crippen LogP) is 4.07. The van der Waals surface area contributed by atoms with E-state index in [1.165, 1.54) is 32.1 Å². The standard InChI is InChI=1S/C19H23N3O/c20-18(23)17-13-16(14-9-7-4-8-10-14)21-19(22-17)15-11-5-2-1-3-6-12-15/h4,7-10,13,15H,1-3,5-6,11-12H2,(H2,20,23). The lowest BCUT2D eigenvalue weighted by molar-refractivity contribution is 0.0995. The smallest absolute Gasteiger partial charge is 0.267 e. The molecule has 2 aromatic rings. The van der Waals surface area contributed by atoms with Gasteiger partial charge in [0.05, 0.1) is 5.69 Å². The Hall–Kier alpha value is -2.23. The molecule has 23 heavy (non-hydrogen) atoms. The number of aromatic nitrogens is 2. The van der Waals surface area contributed by atoms with Crippen LogP contribution in [0.3, 0.4) is 0 Å². The first kappa shape index (κ1) is 15.7. The highest BCUT2D eigenvalue weighted by atomic mass is 16.1. The Bertz CT molecular complexity index is 662. The molecular weight excluding hydrogens is 286 g/mol. The van der Waals surface area contributed by atoms with E-state index in [1.54, 1.807) is 6.07 Å². The van der Waals surface area contributed by atoms with Gasteiger partial charge in [0.25, 0.3) is 5.91 Å². The Labute approximate surface area is 137 Å². The average molecular weight is 309 g/mol. The quantitative estimate of drug-likeness (QED) is 0.929. The summed E-state index contributed by atoms with van der Waals surface area (Å²) in [4.78, 5) is 20.9. The van der Waals surface area contributed by atoms with Gasteiger partial charge < -0.3 is 5.73 Å². The molecule has 1 aromatic carbocycles. The minimum atomic E-state index is -0.489. The van der Waals surface area contributed by atoms with Gasteiger partial charge in [0.1, 0.15) is 11.5 Å². The maximum atomic E-state index is 11.7. The average Bonchev–Trinajstić information content (AvgIpc) is 2.55. The van der Waals surface area contributed by atoms with Crippen LogP contribution in [0.25, 0.3) is 11.3 Å². The van der Waals surface area contributed by atoms with Crippen molar-refractivity contribution in [2.45, 2.75) is 50.9 Å². The maximum absolute atomic E-state index is 11.7. The van der Waals surface area contributed by atoms with Crippen molar-refractivity contribution in [1.29, 1.82) is 0 Å². The van der Waals surface area contributed by atoms with Crippen LogP contribution in [0.2, 0.25) is 0 Å². The van der Waals surface area contributed by atoms with Crippen molar-refractivity contribution in [1.82, 2.24) is 9.97 Å². The van der Waals surface area contributed by atoms with E-state index < -0.39 is 5.91 Å². The van der Waals surface area contributed by atoms with Crippen LogP contribution >= 0.6 is 0 Å². The SMILES string of the molecule is NC(=O)c1cc(-c2ccccc2)nc(C2CCCCCCC2)n1. The molecule has 1 saturated carbocycles. The van der Waals surface area contributed by atoms with Gasteiger partial charge in [-0.05, 0) is 18.9 Å². The molecular formula is C19H23N3O. The molecule has 3 rings (SSSR count). The summed E-state index contributed by atoms with van der Waals surface area (Å²) >= 11 is 0. The van der Waals surface area contributed by atoms with Crippen LogP contribution in [-0.2, 0) is 0 Å². The second-order valence-electron chi connectivity index (χ2n) is 6.27. The van der Waals surface area contributed by atoms with Crippen LogP contribution in [0.15, 0.2) is 36.4 Å². The summed E-state index contributed by atoms with van der Waals surface area (Å²) in [5, 5.41) is 0. The Morgan fingerprint density at radius 2 is 1.61 bits per heavy atom. The molecule has 0 unspecified atom stereocenters. The van der Waals surface area contributed by atoms with Crippen molar-refractivity contribution in [3.63, 3.8) is 0 Å². The molecule has 0 radical (unpaired) electrons. The third-order valence-corrected chi connectivity index (χ3v) is 4.54. The highest BCUT2D eigenvalue weighted by Crippen LogP contribution is 2.30. The first-order valence-corrected chi connectivity index (χ1v) is 8.48. The summed E-state index contributed by atoms with van der Waals surface area (Å²) in [6.07, 6.45) is 8.47. The van der Waals surface area contributed by atoms with Gasteiger partial charge >= 0.3 is 0 Å². The number of nitrogens with two attached hydrogens (primary N) is 1. The zero-order valence-corrected chi connectivity index (χ0v) is 13.4. The third kappa shape index (κ3) is 3.95. The van der Waals surface area contributed by atoms with Crippen LogP contribution in [0.1, 0.15) is 67.2 Å². The van der Waals surface area contributed by atoms with Crippen LogP contribution in [0.4, 0.5) is 0 Å². The zero-order valence-electron chi connectivity index (χ0n) is 13.4. The molecule has 1 aliphatic carbocycles. The molecule has 0 saturated heterocycles. The van der Waals surface area contributed by atoms with Crippen molar-refractivity contribution < 1.29 is 4.79 Å². The third-order valence-electron chi connectivity index (χ3n) is 4.54. The molecule has 0 aliphatic heterocycles. The number of hydrogen-bond acceptors (Lipinski definition) is 3. The van der Waals surface area contributed by atoms with Gasteiger partial charge in [-0.15, -0.1) is 0 Å². The number of carbonyl (C=O) groups is 1. The Balaban J connectivity index is 1.98. The normalized spacial score (nSPS) is 16.5. The number of benzene rings is 1. The van der Waals surface area contributed by atoms with E-state index in [1.807, 2.05) is 30.3 Å². The maximum Gasteiger partial charge on any atom is 0.267 e. The summed E-state index contributed by atoms with van der Waals surface area (Å²) in [5.74, 6) is 0.621. The van der Waals surface area contributed by atoms with E-state index >= 15 is 0 Å². The van der Waals surface area contributed by atoms with E-state index in [4.69, 9.17) is 10.7 Å². The molecule has 4 nitrogen and oxygen atoms in total. The van der Waals surface area contributed by atoms with E-state index in [0.717, 1.165) is 29.9 Å². The monoisotopic (exact) mass is 309 g/mol. The number of hydrogen-bond donors (Lipinski definition) is 1. The lowest BCUT2D eigenvalue weighted by Crippen LogP contribution is -2.17. The van der Waals surface area contributed by atoms with Gasteiger partial charge in [-0.2, -0.15) is 0 Å². The molecule has 1 aromatic heterocycles. The first-order chi connectivity index (χ1) is 11.2. The van der Waals surface area contributed by atoms with E-state index in [9.17, 15) is 4.79 Å². The fourth-order valence-electron chi connectivity index (χ4n) is 3.25. The number of carbonyl (C=O) groups excluding carboxylic acids is 1. The molecule has 4 heteroatoms. The highest BCUT2D eigenvalue weighted by Gasteiger charge is 2.19. The van der Waals surface area contributed by atoms with Gasteiger partial charge in [-0.3, -0.25) is 4.79 Å². The van der Waals surface area contributed by atoms with Crippen molar-refractivity contribution >= 4 is 5.91 Å². The molecule has 1 fully saturated rings. The van der Waals surface area contributed by atoms with Gasteiger partial charge in [0.15, 0.2) is 0 Å². The summed E-state index contributed by atoms with van der Waals surface area (Å²) in [7, 11) is 0. The molecule has 2 N–H and O–H groups in total. The van der Waals surface area contributed by atoms with Gasteiger partial charge in [0.2, 0.25) is 0 Å². The number of rotatable bonds is 3. The van der Waals surface area contributed by atoms with Crippen LogP contribution in [0, 0.1) is 0 Å². The van der Waals surface area contributed by atoms with Gasteiger partial charge in [-0.25, -0.2) is 9.97 Å². The molecule has 1 aliphatic rings. The van der Waals surface area contributed by atoms with Crippen molar-refractivity contribution in [2.75, 3.05) is 0 Å². The summed E-state index contributed by atoms with van der Waals surface area (Å²) in [5.41, 5.74) is 7.58. The summed E-state index contributed by atoms with van der Waals surface area (Å²) in [6.45, 7) is 0. The second kappa shape index (κ2) is 7.36. The summed E-state index contributed by atoms with van der Waals surface area (Å²) in [6, 6.07) is 11.6. The Kier molecular flexibility index (Phi) is 5.01. The van der Waals surface area contributed by atoms with E-state index in [2.05, 4.69) is 4.98 Å². The van der Waals surface area contributed by atoms with Crippen molar-refractivity contribution in [3.05, 3.63) is 47.9 Å². The fourth-order valence-corrected chi connectivity index (χ4v) is 3.25. The zero-order chi connectivity index (χ0) is 16.1. The topological polar surface area (TPSA) is 68.9 Å². The Morgan fingerprint density at radius 3 is 2.26 bits per heavy atom. The second-order valence-corrected chi connectivity index (χ2v) is 6.27. The molecule has 0 atom stereocenters. The minimum absolute atomic E-state index is 0.316. The predicted molar refractivity (Wildman–Crippen MR) is 91.0 cm³/mol. The highest BCUT2D eigenvalue weighted by molar-refractivity contribution is 5.91. The number of primary amides is 1. The lowest BCUT2D eigenvalue weighted by atomic mass is 9.90. The van der Waals surface area contributed by atoms with Gasteiger partial charge in [-0.1, -0.05) is 62.4 Å². The number of amides is 1. The Morgan fingerprint density at radius 1 is 0.957 bits per heavy atom. The molecule has 1 heterocycles. The molecule has 120 valence electrons. The van der Waals surface area contributed by atoms with E-state index in [0.29, 0.717) is 11.6 Å². The molecule has 0 bridgehead atoms. The largest absolute Gasteiger partial charge is 0.364 e. The van der Waals surface area contributed by atoms with E-state index in [-0.39, 0.29) is 0 Å². The number of nitrogens with zero attached hydrogens (tertiary/aromatic N) is 2. The van der Waals surface area contributed by atoms with Crippen molar-refractivity contribution in [2.24, 2.45) is 5.73 Å². The molecule has 0 spiro atoms. The summed E-state index contributed by atoms with van der Waals surface area (Å²) < 4.78 is 0. The van der Waals surface area contributed by atoms with Crippen molar-refractivity contribution in [3.8, 4) is 11.3 Å². The lowest BCUT2D eigenvalue weighted by Gasteiger charge is -2.19. The van der Waals surface area contributed by atoms with Gasteiger partial charge in [0, 0.05) is 11.5 Å². The minimum Gasteiger partial charge on any atom is -0.364 e. The fraction of sp³-hybridized carbons (Fsp3) is 0.421. The molecule has 1 amide bonds. The van der Waals surface area contributed by atoms with Crippen LogP contribution in [-0.4, -0.2) is 15.9 Å². The first-order valence-electron chi connectivity index (χ1n) is 8.48.